The smallest absolute Gasteiger partial charge is 0.257 e. The number of nitrogens with zero attached hydrogens (tertiary/aromatic N) is 1. The summed E-state index contributed by atoms with van der Waals surface area (Å²) in [5.74, 6) is -0.706. The van der Waals surface area contributed by atoms with Gasteiger partial charge in [-0.2, -0.15) is 0 Å². The summed E-state index contributed by atoms with van der Waals surface area (Å²) >= 11 is 0. The lowest BCUT2D eigenvalue weighted by molar-refractivity contribution is -0.121. The Morgan fingerprint density at radius 2 is 1.58 bits per heavy atom. The van der Waals surface area contributed by atoms with Crippen LogP contribution < -0.4 is 4.74 Å². The number of carbonyl (C=O) groups excluding carboxylic acids is 3. The van der Waals surface area contributed by atoms with Gasteiger partial charge in [-0.05, 0) is 30.2 Å². The summed E-state index contributed by atoms with van der Waals surface area (Å²) in [6, 6.07) is 14.9. The summed E-state index contributed by atoms with van der Waals surface area (Å²) in [5.41, 5.74) is 2.74. The van der Waals surface area contributed by atoms with Crippen molar-refractivity contribution in [3.05, 3.63) is 87.9 Å². The number of allylic oxidation sites excluding steroid dienone is 2. The third kappa shape index (κ3) is 5.18. The van der Waals surface area contributed by atoms with Gasteiger partial charge in [-0.25, -0.2) is 0 Å². The SMILES string of the molecule is COC1=C(OC)C(=O)C(Cc2ccc(C(=O)N3CCOCC3)c(OCc3ccccc3)c2)=C(C)C1=O. The van der Waals surface area contributed by atoms with Gasteiger partial charge in [0.15, 0.2) is 0 Å². The van der Waals surface area contributed by atoms with Gasteiger partial charge in [0.25, 0.3) is 5.91 Å². The number of hydrogen-bond acceptors (Lipinski definition) is 7. The number of carbonyl (C=O) groups is 3. The van der Waals surface area contributed by atoms with E-state index in [1.165, 1.54) is 14.2 Å². The molecular formula is C28H29NO7. The van der Waals surface area contributed by atoms with Crippen molar-refractivity contribution < 1.29 is 33.3 Å². The topological polar surface area (TPSA) is 91.4 Å². The van der Waals surface area contributed by atoms with Crippen molar-refractivity contribution in [2.45, 2.75) is 20.0 Å². The third-order valence-electron chi connectivity index (χ3n) is 6.29. The van der Waals surface area contributed by atoms with Gasteiger partial charge in [0.05, 0.1) is 33.0 Å². The molecule has 0 bridgehead atoms. The molecule has 2 aliphatic rings. The van der Waals surface area contributed by atoms with Crippen LogP contribution in [0.25, 0.3) is 0 Å². The number of morpholine rings is 1. The molecule has 0 radical (unpaired) electrons. The molecule has 0 saturated carbocycles. The summed E-state index contributed by atoms with van der Waals surface area (Å²) in [6.07, 6.45) is 0.175. The molecule has 4 rings (SSSR count). The highest BCUT2D eigenvalue weighted by Gasteiger charge is 2.34. The predicted octanol–water partition coefficient (Wildman–Crippen LogP) is 3.25. The Morgan fingerprint density at radius 1 is 0.917 bits per heavy atom. The monoisotopic (exact) mass is 491 g/mol. The fraction of sp³-hybridized carbons (Fsp3) is 0.321. The van der Waals surface area contributed by atoms with E-state index in [9.17, 15) is 14.4 Å². The molecule has 0 atom stereocenters. The van der Waals surface area contributed by atoms with Crippen LogP contribution in [0.4, 0.5) is 0 Å². The van der Waals surface area contributed by atoms with Gasteiger partial charge in [-0.3, -0.25) is 14.4 Å². The molecule has 8 nitrogen and oxygen atoms in total. The molecule has 1 amide bonds. The van der Waals surface area contributed by atoms with Crippen molar-refractivity contribution in [2.24, 2.45) is 0 Å². The first kappa shape index (κ1) is 25.2. The number of methoxy groups -OCH3 is 2. The Hall–Kier alpha value is -3.91. The average molecular weight is 492 g/mol. The fourth-order valence-electron chi connectivity index (χ4n) is 4.25. The van der Waals surface area contributed by atoms with Crippen molar-refractivity contribution in [1.82, 2.24) is 4.90 Å². The number of ether oxygens (including phenoxy) is 4. The van der Waals surface area contributed by atoms with Crippen LogP contribution in [0.2, 0.25) is 0 Å². The number of benzene rings is 2. The van der Waals surface area contributed by atoms with Crippen LogP contribution in [-0.2, 0) is 36.8 Å². The van der Waals surface area contributed by atoms with E-state index in [-0.39, 0.29) is 36.2 Å². The average Bonchev–Trinajstić information content (AvgIpc) is 2.92. The van der Waals surface area contributed by atoms with E-state index < -0.39 is 5.78 Å². The second kappa shape index (κ2) is 11.2. The summed E-state index contributed by atoms with van der Waals surface area (Å²) < 4.78 is 21.8. The van der Waals surface area contributed by atoms with Crippen molar-refractivity contribution in [3.63, 3.8) is 0 Å². The van der Waals surface area contributed by atoms with Gasteiger partial charge < -0.3 is 23.8 Å². The van der Waals surface area contributed by atoms with Gasteiger partial charge in [0, 0.05) is 30.7 Å². The van der Waals surface area contributed by atoms with Crippen LogP contribution in [-0.4, -0.2) is 62.9 Å². The van der Waals surface area contributed by atoms with E-state index in [1.54, 1.807) is 30.0 Å². The molecule has 8 heteroatoms. The Kier molecular flexibility index (Phi) is 7.85. The van der Waals surface area contributed by atoms with Gasteiger partial charge >= 0.3 is 0 Å². The molecule has 0 spiro atoms. The van der Waals surface area contributed by atoms with Crippen LogP contribution in [0.1, 0.15) is 28.4 Å². The minimum absolute atomic E-state index is 0.0953. The van der Waals surface area contributed by atoms with E-state index in [4.69, 9.17) is 18.9 Å². The van der Waals surface area contributed by atoms with Gasteiger partial charge in [0.2, 0.25) is 23.1 Å². The first-order valence-corrected chi connectivity index (χ1v) is 11.7. The second-order valence-electron chi connectivity index (χ2n) is 8.51. The van der Waals surface area contributed by atoms with Gasteiger partial charge in [-0.1, -0.05) is 36.4 Å². The standard InChI is InChI=1S/C28H29NO7/c1-18-22(25(31)27(34-3)26(33-2)24(18)30)15-20-9-10-21(28(32)29-11-13-35-14-12-29)23(16-20)36-17-19-7-5-4-6-8-19/h4-10,16H,11-15,17H2,1-3H3. The summed E-state index contributed by atoms with van der Waals surface area (Å²) in [7, 11) is 2.66. The zero-order valence-corrected chi connectivity index (χ0v) is 20.7. The molecule has 2 aromatic rings. The lowest BCUT2D eigenvalue weighted by atomic mass is 9.88. The zero-order valence-electron chi connectivity index (χ0n) is 20.7. The molecule has 0 aromatic heterocycles. The van der Waals surface area contributed by atoms with Crippen molar-refractivity contribution in [3.8, 4) is 5.75 Å². The molecule has 0 unspecified atom stereocenters. The third-order valence-corrected chi connectivity index (χ3v) is 6.29. The highest BCUT2D eigenvalue weighted by molar-refractivity contribution is 6.23. The summed E-state index contributed by atoms with van der Waals surface area (Å²) in [5, 5.41) is 0. The first-order chi connectivity index (χ1) is 17.4. The minimum Gasteiger partial charge on any atom is -0.489 e. The number of amides is 1. The molecule has 2 aromatic carbocycles. The van der Waals surface area contributed by atoms with Crippen LogP contribution in [0, 0.1) is 0 Å². The molecule has 1 aliphatic carbocycles. The lowest BCUT2D eigenvalue weighted by Gasteiger charge is -2.27. The van der Waals surface area contributed by atoms with Crippen LogP contribution in [0.15, 0.2) is 71.2 Å². The Bertz CT molecular complexity index is 1220. The lowest BCUT2D eigenvalue weighted by Crippen LogP contribution is -2.40. The molecule has 0 N–H and O–H groups in total. The van der Waals surface area contributed by atoms with Crippen molar-refractivity contribution in [1.29, 1.82) is 0 Å². The van der Waals surface area contributed by atoms with Crippen molar-refractivity contribution >= 4 is 17.5 Å². The molecule has 1 fully saturated rings. The van der Waals surface area contributed by atoms with E-state index in [1.807, 2.05) is 30.3 Å². The maximum Gasteiger partial charge on any atom is 0.257 e. The number of rotatable bonds is 8. The molecule has 1 aliphatic heterocycles. The Morgan fingerprint density at radius 3 is 2.25 bits per heavy atom. The van der Waals surface area contributed by atoms with E-state index in [0.29, 0.717) is 48.8 Å². The van der Waals surface area contributed by atoms with Gasteiger partial charge in [-0.15, -0.1) is 0 Å². The molecule has 188 valence electrons. The van der Waals surface area contributed by atoms with Crippen LogP contribution in [0.3, 0.4) is 0 Å². The maximum absolute atomic E-state index is 13.3. The van der Waals surface area contributed by atoms with E-state index in [2.05, 4.69) is 0 Å². The maximum atomic E-state index is 13.3. The summed E-state index contributed by atoms with van der Waals surface area (Å²) in [4.78, 5) is 40.9. The Labute approximate surface area is 210 Å². The number of Topliss-reactive ketones (excluding diaryl/α,β-unsaturated/α-hetero) is 2. The molecular weight excluding hydrogens is 462 g/mol. The van der Waals surface area contributed by atoms with Crippen LogP contribution in [0.5, 0.6) is 5.75 Å². The largest absolute Gasteiger partial charge is 0.489 e. The van der Waals surface area contributed by atoms with Gasteiger partial charge in [0.1, 0.15) is 12.4 Å². The summed E-state index contributed by atoms with van der Waals surface area (Å²) in [6.45, 7) is 3.88. The highest BCUT2D eigenvalue weighted by atomic mass is 16.5. The first-order valence-electron chi connectivity index (χ1n) is 11.7. The number of ketones is 2. The predicted molar refractivity (Wildman–Crippen MR) is 131 cm³/mol. The van der Waals surface area contributed by atoms with Crippen LogP contribution >= 0.6 is 0 Å². The molecule has 36 heavy (non-hydrogen) atoms. The van der Waals surface area contributed by atoms with E-state index in [0.717, 1.165) is 11.1 Å². The Balaban J connectivity index is 1.65. The second-order valence-corrected chi connectivity index (χ2v) is 8.51. The minimum atomic E-state index is -0.397. The zero-order chi connectivity index (χ0) is 25.7. The molecule has 1 saturated heterocycles. The highest BCUT2D eigenvalue weighted by Crippen LogP contribution is 2.30. The number of hydrogen-bond donors (Lipinski definition) is 0. The van der Waals surface area contributed by atoms with E-state index >= 15 is 0 Å². The fourth-order valence-corrected chi connectivity index (χ4v) is 4.25. The quantitative estimate of drug-likeness (QED) is 0.524. The molecule has 1 heterocycles. The van der Waals surface area contributed by atoms with Crippen molar-refractivity contribution in [2.75, 3.05) is 40.5 Å². The normalized spacial score (nSPS) is 16.4.